The quantitative estimate of drug-likeness (QED) is 0.467. The van der Waals surface area contributed by atoms with Gasteiger partial charge in [0.05, 0.1) is 39.8 Å². The first-order valence-corrected chi connectivity index (χ1v) is 8.72. The molecule has 1 rings (SSSR count). The number of halogens is 1. The fourth-order valence-corrected chi connectivity index (χ4v) is 2.23. The van der Waals surface area contributed by atoms with Gasteiger partial charge in [-0.3, -0.25) is 0 Å². The van der Waals surface area contributed by atoms with Crippen molar-refractivity contribution in [2.45, 2.75) is 39.5 Å². The minimum Gasteiger partial charge on any atom is -0.545 e. The van der Waals surface area contributed by atoms with E-state index in [2.05, 4.69) is 20.9 Å². The number of quaternary nitrogens is 1. The smallest absolute Gasteiger partial charge is 0.118 e. The number of carboxylic acid groups (broad SMARTS) is 1. The summed E-state index contributed by atoms with van der Waals surface area (Å²) < 4.78 is 6.03. The first-order chi connectivity index (χ1) is 11.4. The summed E-state index contributed by atoms with van der Waals surface area (Å²) in [6.45, 7) is 8.63. The second kappa shape index (κ2) is 15.2. The predicted molar refractivity (Wildman–Crippen MR) is 105 cm³/mol. The standard InChI is InChI=1S/C11H26NO.C8H8O3.BrH/c1-4-12(3,5-2)10-8-6-7-9-11-13;1-11-7-4-2-6(3-5-7)8(9)10;/h13H,4-11H2,1-3H3;2-5H,1H3,(H,9,10);1H/q+1;;/p-1. The van der Waals surface area contributed by atoms with Gasteiger partial charge in [0.25, 0.3) is 0 Å². The van der Waals surface area contributed by atoms with E-state index in [4.69, 9.17) is 9.84 Å². The molecule has 0 radical (unpaired) electrons. The fraction of sp³-hybridized carbons (Fsp3) is 0.632. The van der Waals surface area contributed by atoms with Crippen LogP contribution in [0.3, 0.4) is 0 Å². The second-order valence-corrected chi connectivity index (χ2v) is 6.13. The van der Waals surface area contributed by atoms with Crippen LogP contribution in [0.1, 0.15) is 49.9 Å². The van der Waals surface area contributed by atoms with Gasteiger partial charge in [0.1, 0.15) is 5.75 Å². The normalized spacial score (nSPS) is 10.3. The molecule has 0 saturated heterocycles. The van der Waals surface area contributed by atoms with Gasteiger partial charge in [-0.25, -0.2) is 0 Å². The Bertz CT molecular complexity index is 447. The number of rotatable bonds is 10. The topological polar surface area (TPSA) is 69.6 Å². The molecule has 0 unspecified atom stereocenters. The van der Waals surface area contributed by atoms with Gasteiger partial charge in [0, 0.05) is 6.61 Å². The lowest BCUT2D eigenvalue weighted by Crippen LogP contribution is -2.44. The van der Waals surface area contributed by atoms with Crippen molar-refractivity contribution in [1.29, 1.82) is 0 Å². The summed E-state index contributed by atoms with van der Waals surface area (Å²) >= 11 is 0. The van der Waals surface area contributed by atoms with Crippen molar-refractivity contribution < 1.29 is 24.2 Å². The van der Waals surface area contributed by atoms with Crippen LogP contribution in [0.25, 0.3) is 0 Å². The van der Waals surface area contributed by atoms with Gasteiger partial charge in [0.2, 0.25) is 0 Å². The molecule has 0 aliphatic rings. The Morgan fingerprint density at radius 2 is 1.60 bits per heavy atom. The average Bonchev–Trinajstić information content (AvgIpc) is 2.62. The Morgan fingerprint density at radius 1 is 1.08 bits per heavy atom. The number of aliphatic hydroxyl groups is 1. The molecule has 0 atom stereocenters. The van der Waals surface area contributed by atoms with Crippen LogP contribution in [0.15, 0.2) is 24.3 Å². The van der Waals surface area contributed by atoms with Gasteiger partial charge in [-0.05, 0) is 62.9 Å². The minimum absolute atomic E-state index is 0. The number of unbranched alkanes of at least 4 members (excludes halogenated alkanes) is 3. The first-order valence-electron chi connectivity index (χ1n) is 8.72. The lowest BCUT2D eigenvalue weighted by Gasteiger charge is -2.32. The molecule has 5 nitrogen and oxygen atoms in total. The Balaban J connectivity index is 0. The van der Waals surface area contributed by atoms with E-state index in [1.165, 1.54) is 62.6 Å². The van der Waals surface area contributed by atoms with E-state index in [0.717, 1.165) is 6.42 Å². The van der Waals surface area contributed by atoms with Crippen molar-refractivity contribution in [2.24, 2.45) is 0 Å². The summed E-state index contributed by atoms with van der Waals surface area (Å²) in [7, 11) is 3.85. The molecule has 0 aromatic heterocycles. The maximum atomic E-state index is 10.2. The number of carboxylic acids is 1. The van der Waals surface area contributed by atoms with E-state index in [9.17, 15) is 9.90 Å². The Morgan fingerprint density at radius 3 is 2.00 bits per heavy atom. The monoisotopic (exact) mass is 419 g/mol. The van der Waals surface area contributed by atoms with Gasteiger partial charge >= 0.3 is 0 Å². The lowest BCUT2D eigenvalue weighted by atomic mass is 10.2. The van der Waals surface area contributed by atoms with Crippen molar-refractivity contribution in [3.8, 4) is 5.75 Å². The van der Waals surface area contributed by atoms with E-state index in [1.807, 2.05) is 0 Å². The largest absolute Gasteiger partial charge is 0.545 e. The van der Waals surface area contributed by atoms with Crippen molar-refractivity contribution in [1.82, 2.24) is 0 Å². The Kier molecular flexibility index (Phi) is 15.9. The third-order valence-electron chi connectivity index (χ3n) is 4.46. The summed E-state index contributed by atoms with van der Waals surface area (Å²) in [6, 6.07) is 6.03. The molecule has 25 heavy (non-hydrogen) atoms. The molecular formula is C19H34BrNO4. The summed E-state index contributed by atoms with van der Waals surface area (Å²) in [6.07, 6.45) is 4.73. The van der Waals surface area contributed by atoms with Crippen LogP contribution >= 0.6 is 17.0 Å². The molecular weight excluding hydrogens is 386 g/mol. The molecule has 0 spiro atoms. The summed E-state index contributed by atoms with van der Waals surface area (Å²) in [5.74, 6) is -0.539. The highest BCUT2D eigenvalue weighted by Crippen LogP contribution is 2.10. The third-order valence-corrected chi connectivity index (χ3v) is 4.46. The predicted octanol–water partition coefficient (Wildman–Crippen LogP) is 2.66. The SMILES string of the molecule is Br.CC[N+](C)(CC)CCCCCCO.COc1ccc(C(=O)[O-])cc1. The molecule has 1 N–H and O–H groups in total. The zero-order valence-electron chi connectivity index (χ0n) is 16.0. The second-order valence-electron chi connectivity index (χ2n) is 6.13. The molecule has 0 aliphatic heterocycles. The minimum atomic E-state index is -1.17. The lowest BCUT2D eigenvalue weighted by molar-refractivity contribution is -0.906. The Hall–Kier alpha value is -1.11. The molecule has 1 aromatic carbocycles. The molecule has 0 amide bonds. The van der Waals surface area contributed by atoms with Gasteiger partial charge < -0.3 is 24.2 Å². The highest BCUT2D eigenvalue weighted by molar-refractivity contribution is 8.93. The van der Waals surface area contributed by atoms with E-state index < -0.39 is 5.97 Å². The van der Waals surface area contributed by atoms with E-state index >= 15 is 0 Å². The molecule has 0 heterocycles. The van der Waals surface area contributed by atoms with Crippen molar-refractivity contribution in [3.63, 3.8) is 0 Å². The number of carbonyl (C=O) groups is 1. The van der Waals surface area contributed by atoms with Crippen LogP contribution in [-0.2, 0) is 0 Å². The molecule has 0 fully saturated rings. The molecule has 0 saturated carbocycles. The molecule has 146 valence electrons. The summed E-state index contributed by atoms with van der Waals surface area (Å²) in [4.78, 5) is 10.2. The van der Waals surface area contributed by atoms with E-state index in [-0.39, 0.29) is 22.5 Å². The molecule has 0 aliphatic carbocycles. The van der Waals surface area contributed by atoms with Crippen LogP contribution in [0.5, 0.6) is 5.75 Å². The highest BCUT2D eigenvalue weighted by atomic mass is 79.9. The maximum absolute atomic E-state index is 10.2. The number of hydrogen-bond donors (Lipinski definition) is 1. The van der Waals surface area contributed by atoms with Crippen LogP contribution < -0.4 is 9.84 Å². The van der Waals surface area contributed by atoms with Crippen LogP contribution in [0.4, 0.5) is 0 Å². The van der Waals surface area contributed by atoms with E-state index in [0.29, 0.717) is 12.4 Å². The molecule has 6 heteroatoms. The summed E-state index contributed by atoms with van der Waals surface area (Å²) in [5, 5.41) is 18.9. The zero-order chi connectivity index (χ0) is 18.4. The van der Waals surface area contributed by atoms with Gasteiger partial charge in [-0.2, -0.15) is 0 Å². The average molecular weight is 420 g/mol. The number of benzene rings is 1. The van der Waals surface area contributed by atoms with Crippen LogP contribution in [0.2, 0.25) is 0 Å². The van der Waals surface area contributed by atoms with Gasteiger partial charge in [-0.15, -0.1) is 17.0 Å². The van der Waals surface area contributed by atoms with Crippen LogP contribution in [0, 0.1) is 0 Å². The highest BCUT2D eigenvalue weighted by Gasteiger charge is 2.14. The third kappa shape index (κ3) is 12.0. The number of nitrogens with zero attached hydrogens (tertiary/aromatic N) is 1. The number of hydrogen-bond acceptors (Lipinski definition) is 4. The molecule has 0 bridgehead atoms. The number of ether oxygens (including phenoxy) is 1. The molecule has 1 aromatic rings. The van der Waals surface area contributed by atoms with E-state index in [1.54, 1.807) is 12.1 Å². The Labute approximate surface area is 163 Å². The fourth-order valence-electron chi connectivity index (χ4n) is 2.23. The van der Waals surface area contributed by atoms with Crippen molar-refractivity contribution in [2.75, 3.05) is 40.4 Å². The van der Waals surface area contributed by atoms with Crippen molar-refractivity contribution >= 4 is 23.0 Å². The first kappa shape index (κ1) is 26.1. The number of carbonyl (C=O) groups excluding carboxylic acids is 1. The maximum Gasteiger partial charge on any atom is 0.118 e. The number of aromatic carboxylic acids is 1. The number of aliphatic hydroxyl groups excluding tert-OH is 1. The zero-order valence-corrected chi connectivity index (χ0v) is 17.7. The van der Waals surface area contributed by atoms with Crippen LogP contribution in [-0.4, -0.2) is 56.0 Å². The van der Waals surface area contributed by atoms with Gasteiger partial charge in [0.15, 0.2) is 0 Å². The number of methoxy groups -OCH3 is 1. The summed E-state index contributed by atoms with van der Waals surface area (Å²) in [5.41, 5.74) is 0.158. The van der Waals surface area contributed by atoms with Crippen molar-refractivity contribution in [3.05, 3.63) is 29.8 Å². The van der Waals surface area contributed by atoms with Gasteiger partial charge in [-0.1, -0.05) is 6.42 Å².